The van der Waals surface area contributed by atoms with Crippen LogP contribution in [0.25, 0.3) is 0 Å². The lowest BCUT2D eigenvalue weighted by atomic mass is 9.81. The fraction of sp³-hybridized carbons (Fsp3) is 0.318. The quantitative estimate of drug-likeness (QED) is 0.765. The molecule has 3 nitrogen and oxygen atoms in total. The molecule has 0 aromatic heterocycles. The van der Waals surface area contributed by atoms with Crippen LogP contribution >= 0.6 is 0 Å². The number of para-hydroxylation sites is 1. The van der Waals surface area contributed by atoms with Gasteiger partial charge in [0.05, 0.1) is 5.41 Å². The van der Waals surface area contributed by atoms with Gasteiger partial charge in [-0.15, -0.1) is 0 Å². The Bertz CT molecular complexity index is 798. The molecule has 0 unspecified atom stereocenters. The Kier molecular flexibility index (Phi) is 5.05. The van der Waals surface area contributed by atoms with Crippen LogP contribution in [0, 0.1) is 0 Å². The standard InChI is InChI=1S/C22H27N3/c1-5-23-16-17-10-12-18(13-11-17)24-15-14-21-22(2,3)19-8-6-7-9-20(19)25(21)4/h6-15,23H,5,16H2,1-4H3/p+1. The highest BCUT2D eigenvalue weighted by molar-refractivity contribution is 6.03. The van der Waals surface area contributed by atoms with Crippen LogP contribution in [0.4, 0.5) is 11.4 Å². The molecule has 3 heteroatoms. The third-order valence-corrected chi connectivity index (χ3v) is 4.96. The van der Waals surface area contributed by atoms with E-state index in [0.29, 0.717) is 0 Å². The summed E-state index contributed by atoms with van der Waals surface area (Å²) in [6.07, 6.45) is 4.23. The molecule has 0 saturated heterocycles. The van der Waals surface area contributed by atoms with E-state index in [4.69, 9.17) is 0 Å². The van der Waals surface area contributed by atoms with Crippen LogP contribution in [0.1, 0.15) is 31.9 Å². The zero-order valence-electron chi connectivity index (χ0n) is 15.6. The number of fused-ring (bicyclic) bond motifs is 1. The van der Waals surface area contributed by atoms with Gasteiger partial charge >= 0.3 is 0 Å². The third-order valence-electron chi connectivity index (χ3n) is 4.96. The maximum absolute atomic E-state index is 3.39. The molecule has 0 amide bonds. The van der Waals surface area contributed by atoms with Crippen LogP contribution in [0.2, 0.25) is 0 Å². The smallest absolute Gasteiger partial charge is 0.209 e. The zero-order chi connectivity index (χ0) is 17.9. The molecule has 3 rings (SSSR count). The number of nitrogens with zero attached hydrogens (tertiary/aromatic N) is 1. The maximum atomic E-state index is 3.39. The molecule has 2 aromatic carbocycles. The van der Waals surface area contributed by atoms with E-state index in [0.717, 1.165) is 18.8 Å². The highest BCUT2D eigenvalue weighted by atomic mass is 15.0. The molecule has 0 bridgehead atoms. The highest BCUT2D eigenvalue weighted by Crippen LogP contribution is 2.38. The lowest BCUT2D eigenvalue weighted by molar-refractivity contribution is -0.401. The Labute approximate surface area is 151 Å². The lowest BCUT2D eigenvalue weighted by Crippen LogP contribution is -2.26. The van der Waals surface area contributed by atoms with E-state index >= 15 is 0 Å². The first kappa shape index (κ1) is 17.4. The Morgan fingerprint density at radius 1 is 1.04 bits per heavy atom. The minimum atomic E-state index is 0.0131. The summed E-state index contributed by atoms with van der Waals surface area (Å²) in [6, 6.07) is 17.2. The number of rotatable bonds is 6. The second-order valence-corrected chi connectivity index (χ2v) is 7.04. The molecular formula is C22H28N3+. The van der Waals surface area contributed by atoms with Gasteiger partial charge in [0.25, 0.3) is 0 Å². The third kappa shape index (κ3) is 3.52. The average Bonchev–Trinajstić information content (AvgIpc) is 2.82. The molecule has 2 aromatic rings. The van der Waals surface area contributed by atoms with Gasteiger partial charge in [-0.05, 0) is 38.1 Å². The van der Waals surface area contributed by atoms with Gasteiger partial charge in [-0.2, -0.15) is 4.58 Å². The number of anilines is 1. The van der Waals surface area contributed by atoms with Gasteiger partial charge in [-0.3, -0.25) is 0 Å². The molecule has 0 atom stereocenters. The van der Waals surface area contributed by atoms with Crippen molar-refractivity contribution in [3.05, 3.63) is 71.9 Å². The summed E-state index contributed by atoms with van der Waals surface area (Å²) in [4.78, 5) is 0. The molecule has 25 heavy (non-hydrogen) atoms. The van der Waals surface area contributed by atoms with Gasteiger partial charge in [0.15, 0.2) is 5.71 Å². The summed E-state index contributed by atoms with van der Waals surface area (Å²) < 4.78 is 2.28. The monoisotopic (exact) mass is 334 g/mol. The fourth-order valence-electron chi connectivity index (χ4n) is 3.51. The van der Waals surface area contributed by atoms with Crippen molar-refractivity contribution in [2.24, 2.45) is 0 Å². The summed E-state index contributed by atoms with van der Waals surface area (Å²) in [5, 5.41) is 6.74. The van der Waals surface area contributed by atoms with Gasteiger partial charge in [-0.25, -0.2) is 0 Å². The van der Waals surface area contributed by atoms with E-state index in [1.54, 1.807) is 0 Å². The summed E-state index contributed by atoms with van der Waals surface area (Å²) in [7, 11) is 2.14. The van der Waals surface area contributed by atoms with Crippen molar-refractivity contribution < 1.29 is 4.58 Å². The average molecular weight is 334 g/mol. The van der Waals surface area contributed by atoms with Crippen LogP contribution in [0.5, 0.6) is 0 Å². The van der Waals surface area contributed by atoms with E-state index in [-0.39, 0.29) is 5.41 Å². The maximum Gasteiger partial charge on any atom is 0.209 e. The number of allylic oxidation sites excluding steroid dienone is 1. The molecule has 0 spiro atoms. The van der Waals surface area contributed by atoms with Crippen molar-refractivity contribution in [2.45, 2.75) is 32.7 Å². The molecular weight excluding hydrogens is 306 g/mol. The molecule has 1 heterocycles. The summed E-state index contributed by atoms with van der Waals surface area (Å²) >= 11 is 0. The van der Waals surface area contributed by atoms with Gasteiger partial charge in [0, 0.05) is 36.1 Å². The van der Waals surface area contributed by atoms with Crippen LogP contribution in [0.15, 0.2) is 60.8 Å². The molecule has 130 valence electrons. The molecule has 0 fully saturated rings. The predicted molar refractivity (Wildman–Crippen MR) is 107 cm³/mol. The topological polar surface area (TPSA) is 27.1 Å². The van der Waals surface area contributed by atoms with E-state index in [1.165, 1.54) is 22.5 Å². The van der Waals surface area contributed by atoms with E-state index in [2.05, 4.69) is 97.6 Å². The molecule has 0 radical (unpaired) electrons. The molecule has 0 aliphatic carbocycles. The Hall–Kier alpha value is -2.39. The zero-order valence-corrected chi connectivity index (χ0v) is 15.6. The minimum Gasteiger partial charge on any atom is -0.361 e. The first-order chi connectivity index (χ1) is 12.0. The van der Waals surface area contributed by atoms with Gasteiger partial charge < -0.3 is 10.6 Å². The Morgan fingerprint density at radius 3 is 2.44 bits per heavy atom. The van der Waals surface area contributed by atoms with Gasteiger partial charge in [-0.1, -0.05) is 37.3 Å². The fourth-order valence-corrected chi connectivity index (χ4v) is 3.51. The number of nitrogens with one attached hydrogen (secondary N) is 2. The van der Waals surface area contributed by atoms with Crippen molar-refractivity contribution in [3.63, 3.8) is 0 Å². The van der Waals surface area contributed by atoms with Crippen molar-refractivity contribution in [3.8, 4) is 0 Å². The van der Waals surface area contributed by atoms with Crippen LogP contribution in [-0.4, -0.2) is 23.9 Å². The van der Waals surface area contributed by atoms with E-state index in [9.17, 15) is 0 Å². The first-order valence-corrected chi connectivity index (χ1v) is 8.97. The first-order valence-electron chi connectivity index (χ1n) is 8.97. The van der Waals surface area contributed by atoms with Crippen molar-refractivity contribution in [1.82, 2.24) is 5.32 Å². The molecule has 1 aliphatic heterocycles. The molecule has 0 saturated carbocycles. The summed E-state index contributed by atoms with van der Waals surface area (Å²) in [5.41, 5.74) is 6.39. The second kappa shape index (κ2) is 7.24. The second-order valence-electron chi connectivity index (χ2n) is 7.04. The molecule has 1 aliphatic rings. The normalized spacial score (nSPS) is 15.7. The number of hydrogen-bond acceptors (Lipinski definition) is 2. The minimum absolute atomic E-state index is 0.0131. The number of hydrogen-bond donors (Lipinski definition) is 2. The SMILES string of the molecule is CCNCc1ccc(NC=CC2=[N+](C)c3ccccc3C2(C)C)cc1. The van der Waals surface area contributed by atoms with Crippen molar-refractivity contribution in [1.29, 1.82) is 0 Å². The van der Waals surface area contributed by atoms with Crippen LogP contribution in [0.3, 0.4) is 0 Å². The van der Waals surface area contributed by atoms with Crippen LogP contribution < -0.4 is 10.6 Å². The largest absolute Gasteiger partial charge is 0.361 e. The lowest BCUT2D eigenvalue weighted by Gasteiger charge is -2.15. The van der Waals surface area contributed by atoms with Crippen LogP contribution in [-0.2, 0) is 12.0 Å². The Morgan fingerprint density at radius 2 is 1.76 bits per heavy atom. The van der Waals surface area contributed by atoms with Gasteiger partial charge in [0.1, 0.15) is 7.05 Å². The van der Waals surface area contributed by atoms with E-state index < -0.39 is 0 Å². The van der Waals surface area contributed by atoms with Gasteiger partial charge in [0.2, 0.25) is 5.69 Å². The summed E-state index contributed by atoms with van der Waals surface area (Å²) in [6.45, 7) is 8.60. The van der Waals surface area contributed by atoms with E-state index in [1.807, 2.05) is 6.20 Å². The van der Waals surface area contributed by atoms with Crippen molar-refractivity contribution in [2.75, 3.05) is 18.9 Å². The predicted octanol–water partition coefficient (Wildman–Crippen LogP) is 4.43. The summed E-state index contributed by atoms with van der Waals surface area (Å²) in [5.74, 6) is 0. The Balaban J connectivity index is 1.71. The highest BCUT2D eigenvalue weighted by Gasteiger charge is 2.42. The van der Waals surface area contributed by atoms with Crippen molar-refractivity contribution >= 4 is 17.1 Å². The number of benzene rings is 2. The molecule has 2 N–H and O–H groups in total.